The Morgan fingerprint density at radius 3 is 1.17 bits per heavy atom. The lowest BCUT2D eigenvalue weighted by molar-refractivity contribution is -0.359. The third kappa shape index (κ3) is 46.4. The van der Waals surface area contributed by atoms with Crippen LogP contribution in [0.15, 0.2) is 85.1 Å². The summed E-state index contributed by atoms with van der Waals surface area (Å²) in [6.45, 7) is 2.71. The van der Waals surface area contributed by atoms with Crippen LogP contribution in [-0.2, 0) is 23.7 Å². The minimum atomic E-state index is -1.79. The maximum atomic E-state index is 13.4. The summed E-state index contributed by atoms with van der Waals surface area (Å²) in [5.41, 5.74) is 0. The highest BCUT2D eigenvalue weighted by Gasteiger charge is 2.51. The van der Waals surface area contributed by atoms with Gasteiger partial charge in [0, 0.05) is 6.42 Å². The second-order valence-electron chi connectivity index (χ2n) is 27.1. The minimum absolute atomic E-state index is 0.246. The molecule has 12 unspecified atom stereocenters. The molecule has 0 radical (unpaired) electrons. The predicted molar refractivity (Wildman–Crippen MR) is 387 cm³/mol. The molecule has 2 fully saturated rings. The molecule has 0 spiro atoms. The molecule has 0 aromatic heterocycles. The van der Waals surface area contributed by atoms with Crippen molar-refractivity contribution in [2.75, 3.05) is 19.8 Å². The van der Waals surface area contributed by atoms with Crippen molar-refractivity contribution < 1.29 is 64.6 Å². The second-order valence-corrected chi connectivity index (χ2v) is 27.1. The molecule has 14 heteroatoms. The maximum absolute atomic E-state index is 13.4. The van der Waals surface area contributed by atoms with Crippen LogP contribution in [0.4, 0.5) is 0 Å². The van der Waals surface area contributed by atoms with Crippen molar-refractivity contribution in [3.05, 3.63) is 85.1 Å². The van der Waals surface area contributed by atoms with Crippen molar-refractivity contribution in [1.29, 1.82) is 0 Å². The van der Waals surface area contributed by atoms with E-state index in [4.69, 9.17) is 18.9 Å². The second kappa shape index (κ2) is 63.6. The highest BCUT2D eigenvalue weighted by atomic mass is 16.7. The summed E-state index contributed by atoms with van der Waals surface area (Å²) in [5.74, 6) is -0.246. The molecule has 94 heavy (non-hydrogen) atoms. The first-order valence-electron chi connectivity index (χ1n) is 38.8. The molecule has 2 saturated heterocycles. The van der Waals surface area contributed by atoms with Crippen LogP contribution in [0.5, 0.6) is 0 Å². The van der Waals surface area contributed by atoms with Gasteiger partial charge in [0.25, 0.3) is 0 Å². The number of allylic oxidation sites excluding steroid dienone is 13. The fraction of sp³-hybridized carbons (Fsp3) is 0.812. The Balaban J connectivity index is 1.63. The highest BCUT2D eigenvalue weighted by molar-refractivity contribution is 5.76. The van der Waals surface area contributed by atoms with E-state index in [0.29, 0.717) is 12.8 Å². The third-order valence-electron chi connectivity index (χ3n) is 18.6. The Hall–Kier alpha value is -2.83. The molecule has 0 aliphatic carbocycles. The Morgan fingerprint density at radius 1 is 0.394 bits per heavy atom. The number of rotatable bonds is 64. The third-order valence-corrected chi connectivity index (χ3v) is 18.6. The number of aliphatic hydroxyl groups excluding tert-OH is 8. The molecule has 0 aromatic carbocycles. The van der Waals surface area contributed by atoms with E-state index in [9.17, 15) is 45.6 Å². The zero-order chi connectivity index (χ0) is 68.0. The van der Waals surface area contributed by atoms with Gasteiger partial charge < -0.3 is 65.1 Å². The lowest BCUT2D eigenvalue weighted by atomic mass is 9.97. The predicted octanol–water partition coefficient (Wildman–Crippen LogP) is 17.1. The lowest BCUT2D eigenvalue weighted by Gasteiger charge is -2.46. The lowest BCUT2D eigenvalue weighted by Crippen LogP contribution is -2.65. The van der Waals surface area contributed by atoms with Crippen molar-refractivity contribution in [2.45, 2.75) is 396 Å². The smallest absolute Gasteiger partial charge is 0.220 e. The van der Waals surface area contributed by atoms with Gasteiger partial charge in [0.05, 0.1) is 32.0 Å². The molecule has 2 aliphatic rings. The average molecular weight is 1330 g/mol. The number of hydrogen-bond donors (Lipinski definition) is 9. The van der Waals surface area contributed by atoms with E-state index < -0.39 is 86.8 Å². The minimum Gasteiger partial charge on any atom is -0.394 e. The molecule has 2 aliphatic heterocycles. The van der Waals surface area contributed by atoms with E-state index in [0.717, 1.165) is 64.2 Å². The Morgan fingerprint density at radius 2 is 0.745 bits per heavy atom. The zero-order valence-corrected chi connectivity index (χ0v) is 59.7. The molecule has 546 valence electrons. The first-order valence-corrected chi connectivity index (χ1v) is 38.8. The van der Waals surface area contributed by atoms with E-state index in [1.165, 1.54) is 225 Å². The number of ether oxygens (including phenoxy) is 4. The van der Waals surface area contributed by atoms with Gasteiger partial charge in [-0.3, -0.25) is 4.79 Å². The van der Waals surface area contributed by atoms with Gasteiger partial charge in [-0.2, -0.15) is 0 Å². The summed E-state index contributed by atoms with van der Waals surface area (Å²) in [6, 6.07) is -0.936. The van der Waals surface area contributed by atoms with E-state index >= 15 is 0 Å². The van der Waals surface area contributed by atoms with Crippen molar-refractivity contribution >= 4 is 5.91 Å². The summed E-state index contributed by atoms with van der Waals surface area (Å²) in [4.78, 5) is 13.4. The number of unbranched alkanes of at least 4 members (excludes halogenated alkanes) is 39. The molecule has 9 N–H and O–H groups in total. The zero-order valence-electron chi connectivity index (χ0n) is 59.7. The van der Waals surface area contributed by atoms with E-state index in [1.54, 1.807) is 6.08 Å². The maximum Gasteiger partial charge on any atom is 0.220 e. The van der Waals surface area contributed by atoms with Gasteiger partial charge in [-0.25, -0.2) is 0 Å². The van der Waals surface area contributed by atoms with E-state index in [2.05, 4.69) is 92.1 Å². The number of hydrogen-bond acceptors (Lipinski definition) is 13. The van der Waals surface area contributed by atoms with Gasteiger partial charge in [0.15, 0.2) is 12.6 Å². The fourth-order valence-electron chi connectivity index (χ4n) is 12.5. The SMILES string of the molecule is CC/C=C\C/C=C\C/C=C\C/C=C\C/C=C\CCCCCCCCCCCCCCCCCCCCCC(=O)NC(COC1OC(CO)C(OC2OC(CO)C(O)C(O)C2O)C(O)C1O)C(O)/C=C/CC/C=C/CCCCCCCCCCCCCCCCCCCCC. The normalized spacial score (nSPS) is 22.9. The van der Waals surface area contributed by atoms with Crippen molar-refractivity contribution in [2.24, 2.45) is 0 Å². The summed E-state index contributed by atoms with van der Waals surface area (Å²) in [6.07, 6.45) is 72.3. The Labute approximate surface area is 573 Å². The number of carbonyl (C=O) groups excluding carboxylic acids is 1. The van der Waals surface area contributed by atoms with Crippen LogP contribution in [0.25, 0.3) is 0 Å². The summed E-state index contributed by atoms with van der Waals surface area (Å²) < 4.78 is 22.9. The quantitative estimate of drug-likeness (QED) is 0.0204. The van der Waals surface area contributed by atoms with E-state index in [1.807, 2.05) is 6.08 Å². The molecule has 14 nitrogen and oxygen atoms in total. The summed E-state index contributed by atoms with van der Waals surface area (Å²) in [5, 5.41) is 87.6. The standard InChI is InChI=1S/C80H143NO13/c1-3-5-7-9-11-13-15-17-19-21-23-25-27-29-30-31-32-33-34-35-36-37-38-40-42-44-46-48-50-52-54-56-58-60-62-64-72(85)81-68(67-91-79-77(90)75(88)78(71(66-83)93-79)94-80-76(89)74(87)73(86)70(65-82)92-80)69(84)63-61-59-57-55-53-51-49-47-45-43-41-39-28-26-24-22-20-18-16-14-12-10-8-6-4-2/h5,7,11,13,17,19,23,25,29-30,53,55,61,63,68-71,73-80,82-84,86-90H,3-4,6,8-10,12,14-16,18,20-22,24,26-28,31-52,54,56-60,62,64-67H2,1-2H3,(H,81,85)/b7-5-,13-11-,19-17-,25-23-,30-29-,55-53+,63-61+. The molecule has 2 heterocycles. The van der Waals surface area contributed by atoms with Gasteiger partial charge in [0.1, 0.15) is 48.8 Å². The molecule has 2 rings (SSSR count). The monoisotopic (exact) mass is 1330 g/mol. The summed E-state index contributed by atoms with van der Waals surface area (Å²) >= 11 is 0. The molecular formula is C80H143NO13. The van der Waals surface area contributed by atoms with Gasteiger partial charge in [0.2, 0.25) is 5.91 Å². The van der Waals surface area contributed by atoms with Crippen LogP contribution in [0, 0.1) is 0 Å². The van der Waals surface area contributed by atoms with Crippen LogP contribution in [-0.4, -0.2) is 140 Å². The van der Waals surface area contributed by atoms with Crippen molar-refractivity contribution in [3.8, 4) is 0 Å². The molecule has 0 bridgehead atoms. The van der Waals surface area contributed by atoms with Crippen molar-refractivity contribution in [1.82, 2.24) is 5.32 Å². The van der Waals surface area contributed by atoms with Gasteiger partial charge >= 0.3 is 0 Å². The first kappa shape index (κ1) is 87.3. The van der Waals surface area contributed by atoms with Gasteiger partial charge in [-0.15, -0.1) is 0 Å². The van der Waals surface area contributed by atoms with Crippen LogP contribution < -0.4 is 5.32 Å². The summed E-state index contributed by atoms with van der Waals surface area (Å²) in [7, 11) is 0. The molecule has 0 saturated carbocycles. The van der Waals surface area contributed by atoms with Crippen LogP contribution >= 0.6 is 0 Å². The van der Waals surface area contributed by atoms with Gasteiger partial charge in [-0.05, 0) is 77.0 Å². The number of aliphatic hydroxyl groups is 8. The molecule has 0 aromatic rings. The fourth-order valence-corrected chi connectivity index (χ4v) is 12.5. The molecule has 1 amide bonds. The average Bonchev–Trinajstić information content (AvgIpc) is 0.794. The van der Waals surface area contributed by atoms with Crippen LogP contribution in [0.3, 0.4) is 0 Å². The van der Waals surface area contributed by atoms with Crippen LogP contribution in [0.1, 0.15) is 322 Å². The topological polar surface area (TPSA) is 228 Å². The van der Waals surface area contributed by atoms with Crippen molar-refractivity contribution in [3.63, 3.8) is 0 Å². The number of nitrogens with one attached hydrogen (secondary N) is 1. The van der Waals surface area contributed by atoms with E-state index in [-0.39, 0.29) is 18.9 Å². The number of amides is 1. The Bertz CT molecular complexity index is 1900. The van der Waals surface area contributed by atoms with Gasteiger partial charge in [-0.1, -0.05) is 324 Å². The number of carbonyl (C=O) groups is 1. The first-order chi connectivity index (χ1) is 46.1. The Kier molecular flexibility index (Phi) is 59.0. The largest absolute Gasteiger partial charge is 0.394 e. The molecule has 12 atom stereocenters. The molecular weight excluding hydrogens is 1180 g/mol. The van der Waals surface area contributed by atoms with Crippen LogP contribution in [0.2, 0.25) is 0 Å². The highest BCUT2D eigenvalue weighted by Crippen LogP contribution is 2.30.